The van der Waals surface area contributed by atoms with E-state index in [4.69, 9.17) is 16.2 Å². The van der Waals surface area contributed by atoms with Crippen LogP contribution in [0, 0.1) is 0 Å². The van der Waals surface area contributed by atoms with Crippen LogP contribution in [0.1, 0.15) is 12.5 Å². The summed E-state index contributed by atoms with van der Waals surface area (Å²) in [4.78, 5) is 8.04. The number of rotatable bonds is 5. The molecule has 0 atom stereocenters. The minimum atomic E-state index is 0.133. The van der Waals surface area contributed by atoms with Gasteiger partial charge in [0.1, 0.15) is 12.3 Å². The molecule has 0 fully saturated rings. The number of nitrogens with two attached hydrogens (primary N) is 2. The van der Waals surface area contributed by atoms with Gasteiger partial charge in [0, 0.05) is 6.54 Å². The quantitative estimate of drug-likeness (QED) is 0.755. The number of ether oxygens (including phenoxy) is 1. The van der Waals surface area contributed by atoms with Crippen molar-refractivity contribution in [2.75, 3.05) is 23.3 Å². The number of nitrogen functional groups attached to an aromatic ring is 2. The number of nitrogens with one attached hydrogen (secondary N) is 1. The van der Waals surface area contributed by atoms with Crippen LogP contribution in [0.5, 0.6) is 5.88 Å². The summed E-state index contributed by atoms with van der Waals surface area (Å²) < 4.78 is 5.59. The summed E-state index contributed by atoms with van der Waals surface area (Å²) in [6.45, 7) is 3.02. The van der Waals surface area contributed by atoms with Crippen molar-refractivity contribution in [1.82, 2.24) is 9.97 Å². The van der Waals surface area contributed by atoms with E-state index in [-0.39, 0.29) is 5.95 Å². The zero-order valence-corrected chi connectivity index (χ0v) is 10.8. The van der Waals surface area contributed by atoms with Gasteiger partial charge < -0.3 is 21.5 Å². The molecule has 100 valence electrons. The first-order valence-corrected chi connectivity index (χ1v) is 6.04. The number of hydrogen-bond donors (Lipinski definition) is 3. The Morgan fingerprint density at radius 2 is 1.89 bits per heavy atom. The molecule has 0 unspecified atom stereocenters. The molecule has 0 aliphatic heterocycles. The molecule has 0 bridgehead atoms. The highest BCUT2D eigenvalue weighted by molar-refractivity contribution is 5.68. The van der Waals surface area contributed by atoms with Crippen LogP contribution in [0.4, 0.5) is 17.5 Å². The Balaban J connectivity index is 2.16. The summed E-state index contributed by atoms with van der Waals surface area (Å²) in [5.41, 5.74) is 13.0. The zero-order valence-electron chi connectivity index (χ0n) is 10.8. The number of benzene rings is 1. The molecule has 1 aromatic heterocycles. The summed E-state index contributed by atoms with van der Waals surface area (Å²) in [6, 6.07) is 9.77. The summed E-state index contributed by atoms with van der Waals surface area (Å²) in [7, 11) is 0. The average Bonchev–Trinajstić information content (AvgIpc) is 2.42. The summed E-state index contributed by atoms with van der Waals surface area (Å²) in [5, 5.41) is 3.02. The molecule has 1 heterocycles. The third-order valence-electron chi connectivity index (χ3n) is 2.49. The minimum Gasteiger partial charge on any atom is -0.471 e. The van der Waals surface area contributed by atoms with E-state index in [1.54, 1.807) is 0 Å². The van der Waals surface area contributed by atoms with E-state index in [9.17, 15) is 0 Å². The molecule has 0 aliphatic rings. The highest BCUT2D eigenvalue weighted by Crippen LogP contribution is 2.27. The molecular formula is C13H17N5O. The van der Waals surface area contributed by atoms with Crippen molar-refractivity contribution in [3.8, 4) is 5.88 Å². The van der Waals surface area contributed by atoms with Gasteiger partial charge in [0.15, 0.2) is 5.82 Å². The lowest BCUT2D eigenvalue weighted by Crippen LogP contribution is -2.10. The van der Waals surface area contributed by atoms with Crippen LogP contribution in [0.3, 0.4) is 0 Å². The first kappa shape index (κ1) is 12.9. The summed E-state index contributed by atoms with van der Waals surface area (Å²) in [6.07, 6.45) is 0. The predicted molar refractivity (Wildman–Crippen MR) is 75.8 cm³/mol. The second kappa shape index (κ2) is 5.90. The Labute approximate surface area is 111 Å². The standard InChI is InChI=1S/C13H17N5O/c1-2-16-11-10(14)12(18-13(15)17-11)19-8-9-6-4-3-5-7-9/h3-7H,2,8,14H2,1H3,(H3,15,16,17,18). The van der Waals surface area contributed by atoms with Gasteiger partial charge in [-0.25, -0.2) is 0 Å². The highest BCUT2D eigenvalue weighted by atomic mass is 16.5. The van der Waals surface area contributed by atoms with Gasteiger partial charge in [-0.3, -0.25) is 0 Å². The van der Waals surface area contributed by atoms with E-state index in [2.05, 4.69) is 15.3 Å². The molecule has 19 heavy (non-hydrogen) atoms. The van der Waals surface area contributed by atoms with Crippen LogP contribution in [-0.4, -0.2) is 16.5 Å². The average molecular weight is 259 g/mol. The van der Waals surface area contributed by atoms with Crippen LogP contribution < -0.4 is 21.5 Å². The van der Waals surface area contributed by atoms with Gasteiger partial charge in [-0.15, -0.1) is 0 Å². The molecule has 6 heteroatoms. The van der Waals surface area contributed by atoms with Gasteiger partial charge in [-0.1, -0.05) is 30.3 Å². The molecule has 5 N–H and O–H groups in total. The Kier molecular flexibility index (Phi) is 4.02. The van der Waals surface area contributed by atoms with Gasteiger partial charge in [0.05, 0.1) is 0 Å². The molecule has 2 rings (SSSR count). The highest BCUT2D eigenvalue weighted by Gasteiger charge is 2.11. The van der Waals surface area contributed by atoms with Crippen LogP contribution >= 0.6 is 0 Å². The molecule has 0 aliphatic carbocycles. The lowest BCUT2D eigenvalue weighted by Gasteiger charge is -2.12. The minimum absolute atomic E-state index is 0.133. The maximum Gasteiger partial charge on any atom is 0.244 e. The monoisotopic (exact) mass is 259 g/mol. The fraction of sp³-hybridized carbons (Fsp3) is 0.231. The zero-order chi connectivity index (χ0) is 13.7. The van der Waals surface area contributed by atoms with E-state index in [1.165, 1.54) is 0 Å². The van der Waals surface area contributed by atoms with E-state index >= 15 is 0 Å². The third kappa shape index (κ3) is 3.25. The summed E-state index contributed by atoms with van der Waals surface area (Å²) >= 11 is 0. The van der Waals surface area contributed by atoms with Crippen LogP contribution in [0.2, 0.25) is 0 Å². The Morgan fingerprint density at radius 3 is 2.58 bits per heavy atom. The fourth-order valence-corrected chi connectivity index (χ4v) is 1.60. The number of aromatic nitrogens is 2. The van der Waals surface area contributed by atoms with Crippen molar-refractivity contribution in [3.05, 3.63) is 35.9 Å². The molecular weight excluding hydrogens is 242 g/mol. The predicted octanol–water partition coefficient (Wildman–Crippen LogP) is 1.65. The van der Waals surface area contributed by atoms with Crippen LogP contribution in [0.15, 0.2) is 30.3 Å². The maximum absolute atomic E-state index is 5.93. The van der Waals surface area contributed by atoms with E-state index < -0.39 is 0 Å². The molecule has 2 aromatic rings. The van der Waals surface area contributed by atoms with Gasteiger partial charge in [0.25, 0.3) is 0 Å². The smallest absolute Gasteiger partial charge is 0.244 e. The molecule has 0 saturated heterocycles. The van der Waals surface area contributed by atoms with Crippen molar-refractivity contribution in [2.24, 2.45) is 0 Å². The summed E-state index contributed by atoms with van der Waals surface area (Å²) in [5.74, 6) is 0.929. The van der Waals surface area contributed by atoms with E-state index in [0.29, 0.717) is 30.5 Å². The van der Waals surface area contributed by atoms with Crippen molar-refractivity contribution in [2.45, 2.75) is 13.5 Å². The first-order chi connectivity index (χ1) is 9.20. The molecule has 0 saturated carbocycles. The second-order valence-corrected chi connectivity index (χ2v) is 3.95. The third-order valence-corrected chi connectivity index (χ3v) is 2.49. The van der Waals surface area contributed by atoms with Gasteiger partial charge in [-0.05, 0) is 12.5 Å². The first-order valence-electron chi connectivity index (χ1n) is 6.04. The van der Waals surface area contributed by atoms with E-state index in [1.807, 2.05) is 37.3 Å². The Morgan fingerprint density at radius 1 is 1.16 bits per heavy atom. The van der Waals surface area contributed by atoms with Crippen molar-refractivity contribution < 1.29 is 4.74 Å². The van der Waals surface area contributed by atoms with Gasteiger partial charge in [-0.2, -0.15) is 9.97 Å². The normalized spacial score (nSPS) is 10.2. The topological polar surface area (TPSA) is 99.1 Å². The molecule has 0 spiro atoms. The molecule has 6 nitrogen and oxygen atoms in total. The maximum atomic E-state index is 5.93. The molecule has 1 aromatic carbocycles. The SMILES string of the molecule is CCNc1nc(N)nc(OCc2ccccc2)c1N. The van der Waals surface area contributed by atoms with Crippen LogP contribution in [-0.2, 0) is 6.61 Å². The van der Waals surface area contributed by atoms with E-state index in [0.717, 1.165) is 5.56 Å². The van der Waals surface area contributed by atoms with Gasteiger partial charge in [0.2, 0.25) is 11.8 Å². The van der Waals surface area contributed by atoms with Gasteiger partial charge >= 0.3 is 0 Å². The Hall–Kier alpha value is -2.50. The largest absolute Gasteiger partial charge is 0.471 e. The van der Waals surface area contributed by atoms with Crippen molar-refractivity contribution >= 4 is 17.5 Å². The molecule has 0 radical (unpaired) electrons. The second-order valence-electron chi connectivity index (χ2n) is 3.95. The molecule has 0 amide bonds. The number of nitrogens with zero attached hydrogens (tertiary/aromatic N) is 2. The van der Waals surface area contributed by atoms with Crippen molar-refractivity contribution in [3.63, 3.8) is 0 Å². The number of anilines is 3. The number of hydrogen-bond acceptors (Lipinski definition) is 6. The Bertz CT molecular complexity index is 544. The lowest BCUT2D eigenvalue weighted by molar-refractivity contribution is 0.296. The lowest BCUT2D eigenvalue weighted by atomic mass is 10.2. The van der Waals surface area contributed by atoms with Crippen molar-refractivity contribution in [1.29, 1.82) is 0 Å². The van der Waals surface area contributed by atoms with Crippen LogP contribution in [0.25, 0.3) is 0 Å². The fourth-order valence-electron chi connectivity index (χ4n) is 1.60.